The van der Waals surface area contributed by atoms with E-state index >= 15 is 0 Å². The molecule has 21 heavy (non-hydrogen) atoms. The predicted octanol–water partition coefficient (Wildman–Crippen LogP) is 4.50. The molecule has 0 aliphatic heterocycles. The second kappa shape index (κ2) is 5.06. The van der Waals surface area contributed by atoms with Gasteiger partial charge in [0.15, 0.2) is 0 Å². The molecule has 2 heterocycles. The molecule has 2 heteroatoms. The number of nitrogens with zero attached hydrogens (tertiary/aromatic N) is 1. The van der Waals surface area contributed by atoms with Gasteiger partial charge in [0, 0.05) is 17.8 Å². The number of nitrogens with one attached hydrogen (secondary N) is 1. The minimum absolute atomic E-state index is 0.978. The zero-order valence-electron chi connectivity index (χ0n) is 11.7. The van der Waals surface area contributed by atoms with Crippen LogP contribution in [0.3, 0.4) is 0 Å². The molecule has 4 rings (SSSR count). The van der Waals surface area contributed by atoms with Crippen LogP contribution >= 0.6 is 0 Å². The zero-order chi connectivity index (χ0) is 14.1. The summed E-state index contributed by atoms with van der Waals surface area (Å²) in [4.78, 5) is 7.59. The fraction of sp³-hybridized carbons (Fsp3) is 0.105. The Morgan fingerprint density at radius 3 is 2.71 bits per heavy atom. The first kappa shape index (κ1) is 12.2. The molecule has 0 fully saturated rings. The third kappa shape index (κ3) is 2.29. The summed E-state index contributed by atoms with van der Waals surface area (Å²) in [5, 5.41) is 3.85. The van der Waals surface area contributed by atoms with E-state index in [9.17, 15) is 0 Å². The first-order valence-corrected chi connectivity index (χ1v) is 7.29. The summed E-state index contributed by atoms with van der Waals surface area (Å²) in [6.07, 6.45) is 5.99. The van der Waals surface area contributed by atoms with Crippen molar-refractivity contribution in [3.63, 3.8) is 0 Å². The van der Waals surface area contributed by atoms with E-state index in [-0.39, 0.29) is 0 Å². The van der Waals surface area contributed by atoms with Gasteiger partial charge in [0.05, 0.1) is 0 Å². The van der Waals surface area contributed by atoms with Crippen molar-refractivity contribution in [2.24, 2.45) is 0 Å². The van der Waals surface area contributed by atoms with E-state index < -0.39 is 0 Å². The van der Waals surface area contributed by atoms with Gasteiger partial charge in [0.1, 0.15) is 5.65 Å². The van der Waals surface area contributed by atoms with Crippen molar-refractivity contribution in [2.45, 2.75) is 12.8 Å². The van der Waals surface area contributed by atoms with Crippen LogP contribution in [-0.2, 0) is 12.8 Å². The van der Waals surface area contributed by atoms with Gasteiger partial charge in [0.2, 0.25) is 0 Å². The molecule has 0 aliphatic carbocycles. The normalized spacial score (nSPS) is 11.2. The first-order chi connectivity index (χ1) is 10.4. The van der Waals surface area contributed by atoms with Crippen LogP contribution in [0.4, 0.5) is 0 Å². The van der Waals surface area contributed by atoms with Crippen LogP contribution in [0.5, 0.6) is 0 Å². The molecule has 0 saturated heterocycles. The van der Waals surface area contributed by atoms with Gasteiger partial charge in [-0.15, -0.1) is 0 Å². The molecule has 0 unspecified atom stereocenters. The van der Waals surface area contributed by atoms with Gasteiger partial charge in [-0.3, -0.25) is 0 Å². The van der Waals surface area contributed by atoms with Gasteiger partial charge >= 0.3 is 0 Å². The second-order valence-electron chi connectivity index (χ2n) is 5.39. The standard InChI is InChI=1S/C19H16N2/c1-2-5-16-12-14(7-9-15(16)4-1)8-10-17-13-21-19-18(17)6-3-11-20-19/h1-7,9,11-13H,8,10H2,(H,20,21). The van der Waals surface area contributed by atoms with E-state index in [1.807, 2.05) is 12.3 Å². The lowest BCUT2D eigenvalue weighted by Crippen LogP contribution is -1.90. The third-order valence-corrected chi connectivity index (χ3v) is 4.03. The number of rotatable bonds is 3. The molecule has 0 atom stereocenters. The Hall–Kier alpha value is -2.61. The Bertz CT molecular complexity index is 905. The van der Waals surface area contributed by atoms with Gasteiger partial charge in [-0.05, 0) is 46.9 Å². The van der Waals surface area contributed by atoms with Crippen LogP contribution in [0.2, 0.25) is 0 Å². The average molecular weight is 272 g/mol. The maximum Gasteiger partial charge on any atom is 0.137 e. The second-order valence-corrected chi connectivity index (χ2v) is 5.39. The summed E-state index contributed by atoms with van der Waals surface area (Å²) in [5.74, 6) is 0. The Morgan fingerprint density at radius 2 is 1.76 bits per heavy atom. The Morgan fingerprint density at radius 1 is 0.857 bits per heavy atom. The molecule has 0 aliphatic rings. The number of fused-ring (bicyclic) bond motifs is 2. The summed E-state index contributed by atoms with van der Waals surface area (Å²) in [7, 11) is 0. The summed E-state index contributed by atoms with van der Waals surface area (Å²) >= 11 is 0. The van der Waals surface area contributed by atoms with Gasteiger partial charge < -0.3 is 4.98 Å². The molecule has 1 N–H and O–H groups in total. The van der Waals surface area contributed by atoms with E-state index in [4.69, 9.17) is 0 Å². The Labute approximate surface area is 123 Å². The average Bonchev–Trinajstić information content (AvgIpc) is 2.96. The van der Waals surface area contributed by atoms with Gasteiger partial charge in [0.25, 0.3) is 0 Å². The SMILES string of the molecule is c1ccc2cc(CCc3c[nH]c4ncccc34)ccc2c1. The monoisotopic (exact) mass is 272 g/mol. The molecule has 0 saturated carbocycles. The molecule has 2 aromatic heterocycles. The molecule has 0 amide bonds. The molecule has 2 nitrogen and oxygen atoms in total. The Kier molecular flexibility index (Phi) is 2.93. The quantitative estimate of drug-likeness (QED) is 0.584. The first-order valence-electron chi connectivity index (χ1n) is 7.29. The fourth-order valence-electron chi connectivity index (χ4n) is 2.89. The maximum absolute atomic E-state index is 4.34. The lowest BCUT2D eigenvalue weighted by atomic mass is 10.0. The van der Waals surface area contributed by atoms with Crippen molar-refractivity contribution < 1.29 is 0 Å². The van der Waals surface area contributed by atoms with Gasteiger partial charge in [-0.2, -0.15) is 0 Å². The molecule has 102 valence electrons. The van der Waals surface area contributed by atoms with Crippen LogP contribution in [-0.4, -0.2) is 9.97 Å². The van der Waals surface area contributed by atoms with Crippen LogP contribution in [0.15, 0.2) is 67.0 Å². The van der Waals surface area contributed by atoms with Crippen LogP contribution in [0.1, 0.15) is 11.1 Å². The van der Waals surface area contributed by atoms with Crippen molar-refractivity contribution in [1.29, 1.82) is 0 Å². The number of H-pyrrole nitrogens is 1. The predicted molar refractivity (Wildman–Crippen MR) is 87.4 cm³/mol. The van der Waals surface area contributed by atoms with Crippen LogP contribution in [0, 0.1) is 0 Å². The highest BCUT2D eigenvalue weighted by Crippen LogP contribution is 2.20. The van der Waals surface area contributed by atoms with Gasteiger partial charge in [-0.25, -0.2) is 4.98 Å². The largest absolute Gasteiger partial charge is 0.346 e. The number of benzene rings is 2. The molecule has 0 bridgehead atoms. The highest BCUT2D eigenvalue weighted by molar-refractivity contribution is 5.83. The van der Waals surface area contributed by atoms with Crippen molar-refractivity contribution in [2.75, 3.05) is 0 Å². The van der Waals surface area contributed by atoms with E-state index in [1.54, 1.807) is 0 Å². The van der Waals surface area contributed by atoms with E-state index in [1.165, 1.54) is 27.3 Å². The van der Waals surface area contributed by atoms with Crippen molar-refractivity contribution >= 4 is 21.8 Å². The summed E-state index contributed by atoms with van der Waals surface area (Å²) in [5.41, 5.74) is 3.70. The highest BCUT2D eigenvalue weighted by atomic mass is 14.8. The molecule has 4 aromatic rings. The lowest BCUT2D eigenvalue weighted by Gasteiger charge is -2.03. The van der Waals surface area contributed by atoms with Crippen LogP contribution < -0.4 is 0 Å². The maximum atomic E-state index is 4.34. The third-order valence-electron chi connectivity index (χ3n) is 4.03. The number of aromatic amines is 1. The fourth-order valence-corrected chi connectivity index (χ4v) is 2.89. The number of aryl methyl sites for hydroxylation is 2. The van der Waals surface area contributed by atoms with Gasteiger partial charge in [-0.1, -0.05) is 42.5 Å². The smallest absolute Gasteiger partial charge is 0.137 e. The van der Waals surface area contributed by atoms with E-state index in [0.717, 1.165) is 18.5 Å². The number of hydrogen-bond acceptors (Lipinski definition) is 1. The Balaban J connectivity index is 1.60. The zero-order valence-corrected chi connectivity index (χ0v) is 11.7. The van der Waals surface area contributed by atoms with Crippen molar-refractivity contribution in [3.8, 4) is 0 Å². The number of hydrogen-bond donors (Lipinski definition) is 1. The number of pyridine rings is 1. The molecule has 0 spiro atoms. The number of aromatic nitrogens is 2. The molecular weight excluding hydrogens is 256 g/mol. The van der Waals surface area contributed by atoms with Crippen molar-refractivity contribution in [3.05, 3.63) is 78.1 Å². The summed E-state index contributed by atoms with van der Waals surface area (Å²) in [6, 6.07) is 19.4. The van der Waals surface area contributed by atoms with Crippen LogP contribution in [0.25, 0.3) is 21.8 Å². The van der Waals surface area contributed by atoms with Crippen molar-refractivity contribution in [1.82, 2.24) is 9.97 Å². The highest BCUT2D eigenvalue weighted by Gasteiger charge is 2.04. The summed E-state index contributed by atoms with van der Waals surface area (Å²) < 4.78 is 0. The lowest BCUT2D eigenvalue weighted by molar-refractivity contribution is 0.970. The molecular formula is C19H16N2. The minimum Gasteiger partial charge on any atom is -0.346 e. The topological polar surface area (TPSA) is 28.7 Å². The molecule has 2 aromatic carbocycles. The summed E-state index contributed by atoms with van der Waals surface area (Å²) in [6.45, 7) is 0. The van der Waals surface area contributed by atoms with E-state index in [2.05, 4.69) is 64.7 Å². The molecule has 0 radical (unpaired) electrons. The minimum atomic E-state index is 0.978. The van der Waals surface area contributed by atoms with E-state index in [0.29, 0.717) is 0 Å².